The number of benzene rings is 2. The molecule has 2 aromatic rings. The molecule has 2 N–H and O–H groups in total. The number of para-hydroxylation sites is 1. The van der Waals surface area contributed by atoms with E-state index in [1.165, 1.54) is 33.8 Å². The van der Waals surface area contributed by atoms with Crippen LogP contribution in [0.25, 0.3) is 11.6 Å². The number of allylic oxidation sites excluding steroid dienone is 2. The fraction of sp³-hybridized carbons (Fsp3) is 0.158. The van der Waals surface area contributed by atoms with Crippen LogP contribution in [-0.4, -0.2) is 14.1 Å². The Hall–Kier alpha value is -2.19. The number of anilines is 1. The predicted molar refractivity (Wildman–Crippen MR) is 90.4 cm³/mol. The van der Waals surface area contributed by atoms with Crippen molar-refractivity contribution in [1.82, 2.24) is 0 Å². The third-order valence-electron chi connectivity index (χ3n) is 3.97. The van der Waals surface area contributed by atoms with Crippen molar-refractivity contribution in [2.75, 3.05) is 19.0 Å². The maximum Gasteiger partial charge on any atom is 0.142 e. The van der Waals surface area contributed by atoms with Crippen molar-refractivity contribution in [3.8, 4) is 0 Å². The van der Waals surface area contributed by atoms with E-state index in [-0.39, 0.29) is 0 Å². The molecule has 3 rings (SSSR count). The quantitative estimate of drug-likeness (QED) is 0.665. The third kappa shape index (κ3) is 5.96. The summed E-state index contributed by atoms with van der Waals surface area (Å²) < 4.78 is 34.0. The maximum atomic E-state index is 8.49. The van der Waals surface area contributed by atoms with Crippen molar-refractivity contribution in [3.63, 3.8) is 0 Å². The van der Waals surface area contributed by atoms with Gasteiger partial charge in [-0.05, 0) is 36.8 Å². The maximum absolute atomic E-state index is 8.49. The van der Waals surface area contributed by atoms with Gasteiger partial charge in [0.2, 0.25) is 0 Å². The van der Waals surface area contributed by atoms with Gasteiger partial charge in [-0.2, -0.15) is 0 Å². The summed E-state index contributed by atoms with van der Waals surface area (Å²) in [4.78, 5) is 2.11. The number of rotatable bonds is 3. The summed E-state index contributed by atoms with van der Waals surface area (Å²) in [7, 11) is -0.826. The molecule has 1 aliphatic rings. The highest BCUT2D eigenvalue weighted by Crippen LogP contribution is 2.27. The molecule has 138 valence electrons. The molecule has 7 heteroatoms. The Morgan fingerprint density at radius 1 is 0.885 bits per heavy atom. The van der Waals surface area contributed by atoms with Crippen LogP contribution in [-0.2, 0) is 0 Å². The molecule has 26 heavy (non-hydrogen) atoms. The normalized spacial score (nSPS) is 13.5. The van der Waals surface area contributed by atoms with E-state index in [0.717, 1.165) is 0 Å². The van der Waals surface area contributed by atoms with Crippen LogP contribution in [0.2, 0.25) is 0 Å². The molecular weight excluding hydrogens is 356 g/mol. The van der Waals surface area contributed by atoms with Gasteiger partial charge in [-0.1, -0.05) is 24.3 Å². The zero-order valence-electron chi connectivity index (χ0n) is 14.8. The molecule has 0 radical (unpaired) electrons. The molecule has 2 aromatic carbocycles. The zero-order valence-corrected chi connectivity index (χ0v) is 15.6. The van der Waals surface area contributed by atoms with E-state index < -0.39 is 10.2 Å². The summed E-state index contributed by atoms with van der Waals surface area (Å²) in [5.41, 5.74) is 7.77. The van der Waals surface area contributed by atoms with Gasteiger partial charge < -0.3 is 4.90 Å². The zero-order chi connectivity index (χ0) is 19.3. The second-order valence-corrected chi connectivity index (χ2v) is 6.77. The van der Waals surface area contributed by atoms with Crippen molar-refractivity contribution in [1.29, 1.82) is 0 Å². The average molecular weight is 377 g/mol. The average Bonchev–Trinajstić information content (AvgIpc) is 2.88. The molecule has 6 nitrogen and oxygen atoms in total. The number of halogens is 1. The van der Waals surface area contributed by atoms with Gasteiger partial charge in [0.05, 0.1) is 0 Å². The number of nitrogens with two attached hydrogens (primary N) is 1. The van der Waals surface area contributed by atoms with Gasteiger partial charge in [0, 0.05) is 43.1 Å². The molecule has 0 amide bonds. The number of hydrogen-bond acceptors (Lipinski definition) is 5. The summed E-state index contributed by atoms with van der Waals surface area (Å²) in [6, 6.07) is 17.2. The first-order valence-electron chi connectivity index (χ1n) is 7.87. The van der Waals surface area contributed by atoms with Gasteiger partial charge in [0.1, 0.15) is 11.4 Å². The fourth-order valence-electron chi connectivity index (χ4n) is 2.64. The van der Waals surface area contributed by atoms with Gasteiger partial charge in [-0.3, -0.25) is 5.32 Å². The topological polar surface area (TPSA) is 112 Å². The number of nitrogens with zero attached hydrogens (tertiary/aromatic N) is 1. The molecule has 0 saturated carbocycles. The molecule has 0 aromatic heterocycles. The smallest absolute Gasteiger partial charge is 0.142 e. The van der Waals surface area contributed by atoms with Crippen LogP contribution >= 0.6 is 0 Å². The standard InChI is InChI=1S/C19H20N2.ClHO4/c1-14-17-6-4-5-7-19(17)20-18(14)13-10-15-8-11-16(12-9-15)21(2)3;2-1(3,4)5/h4-13,20H,1-3H3;(H,2,3,4,5). The summed E-state index contributed by atoms with van der Waals surface area (Å²) >= 11 is 0. The van der Waals surface area contributed by atoms with Crippen molar-refractivity contribution < 1.29 is 34.2 Å². The van der Waals surface area contributed by atoms with E-state index in [4.69, 9.17) is 18.6 Å². The Labute approximate surface area is 155 Å². The highest BCUT2D eigenvalue weighted by Gasteiger charge is 2.20. The van der Waals surface area contributed by atoms with Gasteiger partial charge >= 0.3 is 0 Å². The first-order chi connectivity index (χ1) is 12.1. The van der Waals surface area contributed by atoms with Crippen molar-refractivity contribution >= 4 is 23.0 Å². The summed E-state index contributed by atoms with van der Waals surface area (Å²) in [5, 5.41) is 2.26. The molecule has 1 heterocycles. The molecular formula is C19H21ClN2O4. The van der Waals surface area contributed by atoms with Gasteiger partial charge in [0.25, 0.3) is 0 Å². The molecule has 0 spiro atoms. The second kappa shape index (κ2) is 8.46. The second-order valence-electron chi connectivity index (χ2n) is 6.01. The Balaban J connectivity index is 0.000000431. The van der Waals surface area contributed by atoms with E-state index in [9.17, 15) is 0 Å². The summed E-state index contributed by atoms with van der Waals surface area (Å²) in [5.74, 6) is 0. The Morgan fingerprint density at radius 3 is 2.00 bits per heavy atom. The highest BCUT2D eigenvalue weighted by molar-refractivity contribution is 5.78. The largest absolute Gasteiger partial charge is 0.378 e. The van der Waals surface area contributed by atoms with Crippen molar-refractivity contribution in [3.05, 3.63) is 71.4 Å². The number of hydrogen-bond donors (Lipinski definition) is 1. The fourth-order valence-corrected chi connectivity index (χ4v) is 2.64. The molecule has 0 fully saturated rings. The van der Waals surface area contributed by atoms with Gasteiger partial charge in [-0.25, -0.2) is 18.6 Å². The lowest BCUT2D eigenvalue weighted by molar-refractivity contribution is -2.00. The van der Waals surface area contributed by atoms with E-state index in [1.807, 2.05) is 0 Å². The molecule has 0 atom stereocenters. The van der Waals surface area contributed by atoms with E-state index in [1.54, 1.807) is 0 Å². The SMILES string of the molecule is CC1=C(C=Cc2ccc(N(C)C)cc2)[NH2+]c2ccccc21.[O-][Cl+3]([O-])([O-])[O-]. The van der Waals surface area contributed by atoms with E-state index in [0.29, 0.717) is 0 Å². The summed E-state index contributed by atoms with van der Waals surface area (Å²) in [6.07, 6.45) is 4.39. The first-order valence-corrected chi connectivity index (χ1v) is 9.11. The van der Waals surface area contributed by atoms with Crippen molar-refractivity contribution in [2.24, 2.45) is 0 Å². The third-order valence-corrected chi connectivity index (χ3v) is 3.97. The van der Waals surface area contributed by atoms with Crippen LogP contribution in [0.5, 0.6) is 0 Å². The molecule has 0 saturated heterocycles. The van der Waals surface area contributed by atoms with Crippen LogP contribution in [0, 0.1) is 10.2 Å². The van der Waals surface area contributed by atoms with Gasteiger partial charge in [0.15, 0.2) is 0 Å². The minimum absolute atomic E-state index is 1.22. The molecule has 0 aliphatic carbocycles. The van der Waals surface area contributed by atoms with E-state index >= 15 is 0 Å². The lowest BCUT2D eigenvalue weighted by Gasteiger charge is -2.17. The predicted octanol–water partition coefficient (Wildman–Crippen LogP) is -1.35. The molecule has 0 bridgehead atoms. The van der Waals surface area contributed by atoms with Crippen LogP contribution < -0.4 is 28.9 Å². The van der Waals surface area contributed by atoms with Crippen LogP contribution in [0.4, 0.5) is 11.4 Å². The highest BCUT2D eigenvalue weighted by atomic mass is 35.7. The minimum atomic E-state index is -4.94. The Bertz CT molecular complexity index is 803. The lowest BCUT2D eigenvalue weighted by atomic mass is 10.1. The van der Waals surface area contributed by atoms with Crippen LogP contribution in [0.3, 0.4) is 0 Å². The summed E-state index contributed by atoms with van der Waals surface area (Å²) in [6.45, 7) is 2.19. The van der Waals surface area contributed by atoms with Crippen LogP contribution in [0.1, 0.15) is 18.1 Å². The van der Waals surface area contributed by atoms with Gasteiger partial charge in [-0.15, -0.1) is 10.2 Å². The first kappa shape index (κ1) is 20.1. The number of quaternary nitrogens is 1. The molecule has 1 aliphatic heterocycles. The van der Waals surface area contributed by atoms with Crippen LogP contribution in [0.15, 0.2) is 60.3 Å². The Kier molecular flexibility index (Phi) is 6.55. The monoisotopic (exact) mass is 376 g/mol. The lowest BCUT2D eigenvalue weighted by Crippen LogP contribution is -2.73. The minimum Gasteiger partial charge on any atom is -0.378 e. The number of fused-ring (bicyclic) bond motifs is 1. The molecule has 0 unspecified atom stereocenters. The van der Waals surface area contributed by atoms with E-state index in [2.05, 4.69) is 91.9 Å². The van der Waals surface area contributed by atoms with Crippen molar-refractivity contribution in [2.45, 2.75) is 6.92 Å². The Morgan fingerprint density at radius 2 is 1.46 bits per heavy atom.